The lowest BCUT2D eigenvalue weighted by Crippen LogP contribution is -2.04. The van der Waals surface area contributed by atoms with Crippen LogP contribution in [0.15, 0.2) is 4.52 Å². The molecule has 1 fully saturated rings. The fourth-order valence-electron chi connectivity index (χ4n) is 1.37. The van der Waals surface area contributed by atoms with E-state index in [2.05, 4.69) is 10.1 Å². The summed E-state index contributed by atoms with van der Waals surface area (Å²) in [5.74, 6) is 1.54. The fraction of sp³-hybridized carbons (Fsp3) is 0.727. The average Bonchev–Trinajstić information content (AvgIpc) is 3.04. The number of esters is 1. The second-order valence-electron chi connectivity index (χ2n) is 4.07. The minimum Gasteiger partial charge on any atom is -0.466 e. The quantitative estimate of drug-likeness (QED) is 0.530. The number of carbonyl (C=O) groups excluding carboxylic acids is 1. The van der Waals surface area contributed by atoms with Gasteiger partial charge in [-0.1, -0.05) is 5.16 Å². The van der Waals surface area contributed by atoms with Crippen LogP contribution in [-0.4, -0.2) is 29.3 Å². The highest BCUT2D eigenvalue weighted by Crippen LogP contribution is 2.38. The van der Waals surface area contributed by atoms with E-state index in [0.717, 1.165) is 18.7 Å². The van der Waals surface area contributed by atoms with Crippen LogP contribution in [0.25, 0.3) is 0 Å². The van der Waals surface area contributed by atoms with Crippen LogP contribution in [0.5, 0.6) is 0 Å². The van der Waals surface area contributed by atoms with Gasteiger partial charge in [-0.3, -0.25) is 4.79 Å². The minimum absolute atomic E-state index is 0.268. The molecule has 0 N–H and O–H groups in total. The fourth-order valence-corrected chi connectivity index (χ4v) is 1.37. The van der Waals surface area contributed by atoms with Crippen LogP contribution >= 0.6 is 0 Å². The number of aromatic nitrogens is 2. The zero-order valence-corrected chi connectivity index (χ0v) is 9.85. The molecule has 0 aliphatic heterocycles. The molecule has 0 spiro atoms. The summed E-state index contributed by atoms with van der Waals surface area (Å²) in [5, 5.41) is 3.88. The van der Waals surface area contributed by atoms with E-state index in [1.165, 1.54) is 6.92 Å². The van der Waals surface area contributed by atoms with Gasteiger partial charge in [0.2, 0.25) is 0 Å². The third-order valence-electron chi connectivity index (χ3n) is 2.39. The van der Waals surface area contributed by atoms with Gasteiger partial charge in [0.25, 0.3) is 5.89 Å². The van der Waals surface area contributed by atoms with Gasteiger partial charge in [-0.25, -0.2) is 0 Å². The minimum atomic E-state index is -0.268. The molecule has 0 aromatic carbocycles. The first kappa shape index (κ1) is 12.0. The molecule has 94 valence electrons. The zero-order valence-electron chi connectivity index (χ0n) is 9.85. The van der Waals surface area contributed by atoms with E-state index in [-0.39, 0.29) is 5.97 Å². The van der Waals surface area contributed by atoms with E-state index in [0.29, 0.717) is 38.1 Å². The lowest BCUT2D eigenvalue weighted by atomic mass is 10.4. The molecule has 0 unspecified atom stereocenters. The normalized spacial score (nSPS) is 14.9. The van der Waals surface area contributed by atoms with Crippen LogP contribution in [0.1, 0.15) is 43.8 Å². The largest absolute Gasteiger partial charge is 0.466 e. The molecule has 17 heavy (non-hydrogen) atoms. The Labute approximate surface area is 99.3 Å². The maximum Gasteiger partial charge on any atom is 0.302 e. The molecular weight excluding hydrogens is 224 g/mol. The van der Waals surface area contributed by atoms with Gasteiger partial charge in [0.05, 0.1) is 13.2 Å². The number of hydrogen-bond acceptors (Lipinski definition) is 6. The summed E-state index contributed by atoms with van der Waals surface area (Å²) in [6.07, 6.45) is 2.98. The SMILES string of the molecule is CC(=O)OCCCOCc1nc(C2CC2)no1. The monoisotopic (exact) mass is 240 g/mol. The molecule has 1 heterocycles. The second-order valence-corrected chi connectivity index (χ2v) is 4.07. The molecule has 1 aliphatic carbocycles. The zero-order chi connectivity index (χ0) is 12.1. The van der Waals surface area contributed by atoms with Gasteiger partial charge >= 0.3 is 5.97 Å². The van der Waals surface area contributed by atoms with E-state index in [4.69, 9.17) is 14.0 Å². The Morgan fingerprint density at radius 2 is 2.29 bits per heavy atom. The van der Waals surface area contributed by atoms with Gasteiger partial charge in [-0.2, -0.15) is 4.98 Å². The number of ether oxygens (including phenoxy) is 2. The molecular formula is C11H16N2O4. The van der Waals surface area contributed by atoms with Crippen LogP contribution in [0.4, 0.5) is 0 Å². The average molecular weight is 240 g/mol. The lowest BCUT2D eigenvalue weighted by molar-refractivity contribution is -0.141. The predicted octanol–water partition coefficient (Wildman–Crippen LogP) is 1.42. The highest BCUT2D eigenvalue weighted by atomic mass is 16.5. The molecule has 1 aliphatic rings. The highest BCUT2D eigenvalue weighted by molar-refractivity contribution is 5.65. The van der Waals surface area contributed by atoms with Crippen molar-refractivity contribution in [3.63, 3.8) is 0 Å². The Morgan fingerprint density at radius 3 is 3.00 bits per heavy atom. The summed E-state index contributed by atoms with van der Waals surface area (Å²) in [4.78, 5) is 14.7. The first-order valence-corrected chi connectivity index (χ1v) is 5.79. The van der Waals surface area contributed by atoms with Crippen molar-refractivity contribution in [3.8, 4) is 0 Å². The molecule has 1 saturated carbocycles. The van der Waals surface area contributed by atoms with Crippen molar-refractivity contribution >= 4 is 5.97 Å². The van der Waals surface area contributed by atoms with Gasteiger partial charge in [0.1, 0.15) is 6.61 Å². The first-order chi connectivity index (χ1) is 8.25. The van der Waals surface area contributed by atoms with Crippen molar-refractivity contribution in [1.82, 2.24) is 10.1 Å². The van der Waals surface area contributed by atoms with Crippen molar-refractivity contribution in [3.05, 3.63) is 11.7 Å². The van der Waals surface area contributed by atoms with Crippen molar-refractivity contribution in [2.45, 2.75) is 38.7 Å². The molecule has 0 saturated heterocycles. The van der Waals surface area contributed by atoms with Crippen molar-refractivity contribution in [2.75, 3.05) is 13.2 Å². The summed E-state index contributed by atoms with van der Waals surface area (Å²) in [6, 6.07) is 0. The van der Waals surface area contributed by atoms with Gasteiger partial charge < -0.3 is 14.0 Å². The third-order valence-corrected chi connectivity index (χ3v) is 2.39. The third kappa shape index (κ3) is 4.14. The Balaban J connectivity index is 1.56. The summed E-state index contributed by atoms with van der Waals surface area (Å²) in [7, 11) is 0. The molecule has 0 atom stereocenters. The molecule has 0 bridgehead atoms. The van der Waals surface area contributed by atoms with E-state index in [1.807, 2.05) is 0 Å². The topological polar surface area (TPSA) is 74.5 Å². The smallest absolute Gasteiger partial charge is 0.302 e. The van der Waals surface area contributed by atoms with Gasteiger partial charge in [0, 0.05) is 19.3 Å². The van der Waals surface area contributed by atoms with Crippen LogP contribution in [0.3, 0.4) is 0 Å². The molecule has 0 amide bonds. The summed E-state index contributed by atoms with van der Waals surface area (Å²) in [6.45, 7) is 2.60. The number of nitrogens with zero attached hydrogens (tertiary/aromatic N) is 2. The van der Waals surface area contributed by atoms with E-state index >= 15 is 0 Å². The highest BCUT2D eigenvalue weighted by Gasteiger charge is 2.28. The van der Waals surface area contributed by atoms with Gasteiger partial charge in [-0.05, 0) is 12.8 Å². The van der Waals surface area contributed by atoms with Crippen LogP contribution in [-0.2, 0) is 20.9 Å². The molecule has 2 rings (SSSR count). The van der Waals surface area contributed by atoms with Crippen LogP contribution < -0.4 is 0 Å². The molecule has 1 aromatic heterocycles. The maximum absolute atomic E-state index is 10.5. The maximum atomic E-state index is 10.5. The number of rotatable bonds is 7. The Bertz CT molecular complexity index is 373. The summed E-state index contributed by atoms with van der Waals surface area (Å²) < 4.78 is 15.1. The Kier molecular flexibility index (Phi) is 4.08. The second kappa shape index (κ2) is 5.77. The first-order valence-electron chi connectivity index (χ1n) is 5.79. The van der Waals surface area contributed by atoms with Gasteiger partial charge in [0.15, 0.2) is 5.82 Å². The Morgan fingerprint density at radius 1 is 1.47 bits per heavy atom. The van der Waals surface area contributed by atoms with Gasteiger partial charge in [-0.15, -0.1) is 0 Å². The summed E-state index contributed by atoms with van der Waals surface area (Å²) in [5.41, 5.74) is 0. The molecule has 1 aromatic rings. The molecule has 6 heteroatoms. The van der Waals surface area contributed by atoms with Crippen molar-refractivity contribution in [2.24, 2.45) is 0 Å². The standard InChI is InChI=1S/C11H16N2O4/c1-8(14)16-6-2-5-15-7-10-12-11(13-17-10)9-3-4-9/h9H,2-7H2,1H3. The number of carbonyl (C=O) groups is 1. The Hall–Kier alpha value is -1.43. The van der Waals surface area contributed by atoms with Crippen LogP contribution in [0, 0.1) is 0 Å². The van der Waals surface area contributed by atoms with E-state index < -0.39 is 0 Å². The molecule has 6 nitrogen and oxygen atoms in total. The summed E-state index contributed by atoms with van der Waals surface area (Å²) >= 11 is 0. The predicted molar refractivity (Wildman–Crippen MR) is 57.2 cm³/mol. The molecule has 0 radical (unpaired) electrons. The van der Waals surface area contributed by atoms with Crippen molar-refractivity contribution < 1.29 is 18.8 Å². The van der Waals surface area contributed by atoms with E-state index in [1.54, 1.807) is 0 Å². The number of hydrogen-bond donors (Lipinski definition) is 0. The van der Waals surface area contributed by atoms with Crippen molar-refractivity contribution in [1.29, 1.82) is 0 Å². The van der Waals surface area contributed by atoms with Crippen LogP contribution in [0.2, 0.25) is 0 Å². The van der Waals surface area contributed by atoms with E-state index in [9.17, 15) is 4.79 Å². The lowest BCUT2D eigenvalue weighted by Gasteiger charge is -2.01.